The van der Waals surface area contributed by atoms with E-state index in [4.69, 9.17) is 4.52 Å². The van der Waals surface area contributed by atoms with E-state index < -0.39 is 12.2 Å². The second-order valence-corrected chi connectivity index (χ2v) is 7.86. The van der Waals surface area contributed by atoms with Crippen LogP contribution in [0.25, 0.3) is 22.3 Å². The Morgan fingerprint density at radius 2 is 1.69 bits per heavy atom. The summed E-state index contributed by atoms with van der Waals surface area (Å²) in [5, 5.41) is 4.88. The molecule has 0 saturated carbocycles. The number of benzene rings is 2. The quantitative estimate of drug-likeness (QED) is 0.463. The normalized spacial score (nSPS) is 15.1. The van der Waals surface area contributed by atoms with Gasteiger partial charge in [0.05, 0.1) is 12.1 Å². The van der Waals surface area contributed by atoms with Gasteiger partial charge in [0.15, 0.2) is 5.82 Å². The van der Waals surface area contributed by atoms with Crippen LogP contribution in [0.1, 0.15) is 23.7 Å². The highest BCUT2D eigenvalue weighted by Crippen LogP contribution is 2.28. The molecule has 0 amide bonds. The van der Waals surface area contributed by atoms with Gasteiger partial charge >= 0.3 is 0 Å². The van der Waals surface area contributed by atoms with Crippen LogP contribution in [0.5, 0.6) is 0 Å². The number of halogens is 2. The molecule has 4 aromatic rings. The Bertz CT molecular complexity index is 1220. The molecule has 164 valence electrons. The largest absolute Gasteiger partial charge is 0.353 e. The van der Waals surface area contributed by atoms with Crippen LogP contribution in [0.15, 0.2) is 53.1 Å². The molecule has 1 aliphatic rings. The Labute approximate surface area is 183 Å². The number of para-hydroxylation sites is 1. The van der Waals surface area contributed by atoms with E-state index in [9.17, 15) is 8.78 Å². The minimum absolute atomic E-state index is 0.435. The lowest BCUT2D eigenvalue weighted by molar-refractivity contribution is 0.140. The molecule has 3 heterocycles. The lowest BCUT2D eigenvalue weighted by Crippen LogP contribution is -2.46. The van der Waals surface area contributed by atoms with Crippen molar-refractivity contribution in [1.82, 2.24) is 25.0 Å². The first-order chi connectivity index (χ1) is 15.6. The summed E-state index contributed by atoms with van der Waals surface area (Å²) < 4.78 is 32.1. The maximum absolute atomic E-state index is 13.3. The predicted octanol–water partition coefficient (Wildman–Crippen LogP) is 4.25. The fourth-order valence-electron chi connectivity index (χ4n) is 3.86. The molecule has 0 atom stereocenters. The first kappa shape index (κ1) is 20.4. The number of aromatic nitrogens is 4. The molecule has 0 radical (unpaired) electrons. The molecule has 0 bridgehead atoms. The fraction of sp³-hybridized carbons (Fsp3) is 0.304. The number of hydrogen-bond acceptors (Lipinski definition) is 7. The Morgan fingerprint density at radius 1 is 0.938 bits per heavy atom. The zero-order valence-electron chi connectivity index (χ0n) is 17.6. The molecule has 0 unspecified atom stereocenters. The Morgan fingerprint density at radius 3 is 2.44 bits per heavy atom. The van der Waals surface area contributed by atoms with E-state index in [0.717, 1.165) is 24.0 Å². The standard InChI is InChI=1S/C23H22F2N6O/c1-15-6-8-16(9-7-15)21-27-19(32-29-21)14-30-10-12-31(13-11-30)23-17-4-2-3-5-18(17)26-22(28-23)20(24)25/h2-9,20H,10-14H2,1H3. The zero-order chi connectivity index (χ0) is 22.1. The molecule has 1 aliphatic heterocycles. The van der Waals surface area contributed by atoms with Crippen molar-refractivity contribution in [3.63, 3.8) is 0 Å². The molecule has 5 rings (SSSR count). The van der Waals surface area contributed by atoms with Crippen LogP contribution in [0, 0.1) is 6.92 Å². The van der Waals surface area contributed by atoms with Crippen molar-refractivity contribution in [2.75, 3.05) is 31.1 Å². The monoisotopic (exact) mass is 436 g/mol. The minimum atomic E-state index is -2.71. The van der Waals surface area contributed by atoms with E-state index in [2.05, 4.69) is 25.0 Å². The number of aryl methyl sites for hydroxylation is 1. The van der Waals surface area contributed by atoms with Gasteiger partial charge in [-0.3, -0.25) is 4.90 Å². The molecule has 0 spiro atoms. The van der Waals surface area contributed by atoms with Gasteiger partial charge in [-0.25, -0.2) is 18.7 Å². The fourth-order valence-corrected chi connectivity index (χ4v) is 3.86. The minimum Gasteiger partial charge on any atom is -0.353 e. The van der Waals surface area contributed by atoms with Crippen molar-refractivity contribution < 1.29 is 13.3 Å². The smallest absolute Gasteiger partial charge is 0.297 e. The topological polar surface area (TPSA) is 71.2 Å². The van der Waals surface area contributed by atoms with Gasteiger partial charge in [-0.05, 0) is 19.1 Å². The van der Waals surface area contributed by atoms with Gasteiger partial charge in [0.2, 0.25) is 11.7 Å². The van der Waals surface area contributed by atoms with Crippen molar-refractivity contribution in [3.05, 3.63) is 65.8 Å². The number of nitrogens with zero attached hydrogens (tertiary/aromatic N) is 6. The Hall–Kier alpha value is -3.46. The first-order valence-corrected chi connectivity index (χ1v) is 10.5. The summed E-state index contributed by atoms with van der Waals surface area (Å²) in [6.07, 6.45) is -2.71. The van der Waals surface area contributed by atoms with Gasteiger partial charge in [0.25, 0.3) is 6.43 Å². The van der Waals surface area contributed by atoms with E-state index >= 15 is 0 Å². The lowest BCUT2D eigenvalue weighted by Gasteiger charge is -2.35. The molecule has 0 N–H and O–H groups in total. The van der Waals surface area contributed by atoms with Gasteiger partial charge in [-0.2, -0.15) is 4.98 Å². The third-order valence-electron chi connectivity index (χ3n) is 5.60. The summed E-state index contributed by atoms with van der Waals surface area (Å²) in [6, 6.07) is 15.3. The predicted molar refractivity (Wildman–Crippen MR) is 116 cm³/mol. The van der Waals surface area contributed by atoms with Crippen LogP contribution in [0.4, 0.5) is 14.6 Å². The summed E-state index contributed by atoms with van der Waals surface area (Å²) in [6.45, 7) is 5.34. The molecule has 2 aromatic carbocycles. The van der Waals surface area contributed by atoms with Crippen molar-refractivity contribution >= 4 is 16.7 Å². The number of fused-ring (bicyclic) bond motifs is 1. The number of hydrogen-bond donors (Lipinski definition) is 0. The Kier molecular flexibility index (Phi) is 5.48. The van der Waals surface area contributed by atoms with Crippen molar-refractivity contribution in [1.29, 1.82) is 0 Å². The van der Waals surface area contributed by atoms with Gasteiger partial charge < -0.3 is 9.42 Å². The molecule has 2 aromatic heterocycles. The van der Waals surface area contributed by atoms with Gasteiger partial charge in [0, 0.05) is 37.1 Å². The Balaban J connectivity index is 1.28. The van der Waals surface area contributed by atoms with Crippen LogP contribution in [0.3, 0.4) is 0 Å². The van der Waals surface area contributed by atoms with E-state index in [1.54, 1.807) is 12.1 Å². The van der Waals surface area contributed by atoms with Gasteiger partial charge in [-0.1, -0.05) is 47.1 Å². The number of rotatable bonds is 5. The molecule has 1 fully saturated rings. The second kappa shape index (κ2) is 8.58. The van der Waals surface area contributed by atoms with E-state index in [1.807, 2.05) is 48.2 Å². The SMILES string of the molecule is Cc1ccc(-c2noc(CN3CCN(c4nc(C(F)F)nc5ccccc45)CC3)n2)cc1. The summed E-state index contributed by atoms with van der Waals surface area (Å²) in [4.78, 5) is 17.0. The van der Waals surface area contributed by atoms with E-state index in [0.29, 0.717) is 42.7 Å². The second-order valence-electron chi connectivity index (χ2n) is 7.86. The summed E-state index contributed by atoms with van der Waals surface area (Å²) in [5.74, 6) is 1.26. The summed E-state index contributed by atoms with van der Waals surface area (Å²) in [5.41, 5.74) is 2.62. The zero-order valence-corrected chi connectivity index (χ0v) is 17.6. The van der Waals surface area contributed by atoms with Crippen molar-refractivity contribution in [2.45, 2.75) is 19.9 Å². The molecule has 32 heavy (non-hydrogen) atoms. The summed E-state index contributed by atoms with van der Waals surface area (Å²) >= 11 is 0. The molecular weight excluding hydrogens is 414 g/mol. The molecule has 9 heteroatoms. The highest BCUT2D eigenvalue weighted by atomic mass is 19.3. The molecular formula is C23H22F2N6O. The average Bonchev–Trinajstić information content (AvgIpc) is 3.28. The van der Waals surface area contributed by atoms with Crippen LogP contribution in [0.2, 0.25) is 0 Å². The maximum Gasteiger partial charge on any atom is 0.297 e. The average molecular weight is 436 g/mol. The van der Waals surface area contributed by atoms with Gasteiger partial charge in [0.1, 0.15) is 5.82 Å². The first-order valence-electron chi connectivity index (χ1n) is 10.5. The van der Waals surface area contributed by atoms with Gasteiger partial charge in [-0.15, -0.1) is 0 Å². The van der Waals surface area contributed by atoms with Crippen LogP contribution < -0.4 is 4.90 Å². The van der Waals surface area contributed by atoms with Crippen LogP contribution in [-0.2, 0) is 6.54 Å². The lowest BCUT2D eigenvalue weighted by atomic mass is 10.1. The molecule has 7 nitrogen and oxygen atoms in total. The number of anilines is 1. The van der Waals surface area contributed by atoms with Crippen LogP contribution in [-0.4, -0.2) is 51.2 Å². The van der Waals surface area contributed by atoms with E-state index in [1.165, 1.54) is 5.56 Å². The number of piperazine rings is 1. The number of alkyl halides is 2. The molecule has 0 aliphatic carbocycles. The third kappa shape index (κ3) is 4.16. The highest BCUT2D eigenvalue weighted by Gasteiger charge is 2.24. The van der Waals surface area contributed by atoms with Crippen molar-refractivity contribution in [2.24, 2.45) is 0 Å². The van der Waals surface area contributed by atoms with E-state index in [-0.39, 0.29) is 0 Å². The molecule has 1 saturated heterocycles. The summed E-state index contributed by atoms with van der Waals surface area (Å²) in [7, 11) is 0. The highest BCUT2D eigenvalue weighted by molar-refractivity contribution is 5.89. The third-order valence-corrected chi connectivity index (χ3v) is 5.60. The maximum atomic E-state index is 13.3. The van der Waals surface area contributed by atoms with Crippen LogP contribution >= 0.6 is 0 Å². The van der Waals surface area contributed by atoms with Crippen molar-refractivity contribution in [3.8, 4) is 11.4 Å².